The number of methoxy groups -OCH3 is 1. The Hall–Kier alpha value is -1.91. The van der Waals surface area contributed by atoms with Crippen LogP contribution in [0.15, 0.2) is 29.3 Å². The molecule has 5 heteroatoms. The third-order valence-corrected chi connectivity index (χ3v) is 3.70. The van der Waals surface area contributed by atoms with E-state index >= 15 is 0 Å². The van der Waals surface area contributed by atoms with Gasteiger partial charge in [-0.25, -0.2) is 0 Å². The number of aliphatic imine (C=N–C) groups is 1. The summed E-state index contributed by atoms with van der Waals surface area (Å²) in [4.78, 5) is 4.35. The van der Waals surface area contributed by atoms with E-state index in [-0.39, 0.29) is 0 Å². The number of nitrogens with zero attached hydrogens (tertiary/aromatic N) is 1. The van der Waals surface area contributed by atoms with E-state index in [0.29, 0.717) is 12.6 Å². The average molecular weight is 291 g/mol. The Morgan fingerprint density at radius 2 is 2.00 bits per heavy atom. The van der Waals surface area contributed by atoms with Crippen molar-refractivity contribution in [3.05, 3.63) is 24.3 Å². The predicted molar refractivity (Wildman–Crippen MR) is 84.9 cm³/mol. The molecule has 1 aromatic carbocycles. The molecular weight excluding hydrogens is 266 g/mol. The van der Waals surface area contributed by atoms with Gasteiger partial charge in [0.15, 0.2) is 5.96 Å². The number of hydrogen-bond acceptors (Lipinski definition) is 3. The number of ether oxygens (including phenoxy) is 2. The molecular formula is C16H25N3O2. The Kier molecular flexibility index (Phi) is 6.19. The summed E-state index contributed by atoms with van der Waals surface area (Å²) in [5.41, 5.74) is 5.81. The summed E-state index contributed by atoms with van der Waals surface area (Å²) < 4.78 is 10.7. The Morgan fingerprint density at radius 3 is 2.62 bits per heavy atom. The number of hydrogen-bond donors (Lipinski definition) is 2. The lowest BCUT2D eigenvalue weighted by molar-refractivity contribution is 0.310. The van der Waals surface area contributed by atoms with Crippen LogP contribution in [0.1, 0.15) is 25.7 Å². The fourth-order valence-electron chi connectivity index (χ4n) is 2.11. The SMILES string of the molecule is COc1ccc(OCCCNC(N)=NCC2CCC2)cc1. The molecule has 0 spiro atoms. The lowest BCUT2D eigenvalue weighted by Crippen LogP contribution is -2.34. The topological polar surface area (TPSA) is 68.9 Å². The Morgan fingerprint density at radius 1 is 1.29 bits per heavy atom. The van der Waals surface area contributed by atoms with Crippen molar-refractivity contribution in [1.82, 2.24) is 5.32 Å². The molecule has 5 nitrogen and oxygen atoms in total. The van der Waals surface area contributed by atoms with Gasteiger partial charge >= 0.3 is 0 Å². The van der Waals surface area contributed by atoms with Gasteiger partial charge in [0.1, 0.15) is 11.5 Å². The van der Waals surface area contributed by atoms with E-state index in [1.165, 1.54) is 19.3 Å². The van der Waals surface area contributed by atoms with Crippen LogP contribution in [0.4, 0.5) is 0 Å². The van der Waals surface area contributed by atoms with E-state index in [9.17, 15) is 0 Å². The average Bonchev–Trinajstić information content (AvgIpc) is 2.46. The van der Waals surface area contributed by atoms with Gasteiger partial charge in [0.2, 0.25) is 0 Å². The predicted octanol–water partition coefficient (Wildman–Crippen LogP) is 2.17. The Balaban J connectivity index is 1.54. The minimum absolute atomic E-state index is 0.548. The Labute approximate surface area is 126 Å². The Bertz CT molecular complexity index is 441. The number of rotatable bonds is 8. The molecule has 2 rings (SSSR count). The summed E-state index contributed by atoms with van der Waals surface area (Å²) in [6.45, 7) is 2.28. The van der Waals surface area contributed by atoms with E-state index in [0.717, 1.165) is 36.9 Å². The van der Waals surface area contributed by atoms with Crippen LogP contribution in [-0.4, -0.2) is 32.8 Å². The van der Waals surface area contributed by atoms with Gasteiger partial charge in [-0.2, -0.15) is 0 Å². The second-order valence-corrected chi connectivity index (χ2v) is 5.33. The first-order valence-electron chi connectivity index (χ1n) is 7.58. The lowest BCUT2D eigenvalue weighted by Gasteiger charge is -2.23. The second-order valence-electron chi connectivity index (χ2n) is 5.33. The van der Waals surface area contributed by atoms with Crippen molar-refractivity contribution in [3.8, 4) is 11.5 Å². The van der Waals surface area contributed by atoms with Gasteiger partial charge in [0.05, 0.1) is 13.7 Å². The maximum Gasteiger partial charge on any atom is 0.188 e. The maximum absolute atomic E-state index is 5.81. The van der Waals surface area contributed by atoms with E-state index in [1.807, 2.05) is 24.3 Å². The van der Waals surface area contributed by atoms with Crippen molar-refractivity contribution >= 4 is 5.96 Å². The molecule has 0 heterocycles. The molecule has 21 heavy (non-hydrogen) atoms. The first-order chi connectivity index (χ1) is 10.3. The molecule has 0 bridgehead atoms. The van der Waals surface area contributed by atoms with Crippen LogP contribution in [0, 0.1) is 5.92 Å². The van der Waals surface area contributed by atoms with Gasteiger partial charge in [-0.05, 0) is 49.4 Å². The molecule has 0 atom stereocenters. The van der Waals surface area contributed by atoms with Gasteiger partial charge in [-0.15, -0.1) is 0 Å². The monoisotopic (exact) mass is 291 g/mol. The highest BCUT2D eigenvalue weighted by Gasteiger charge is 2.16. The van der Waals surface area contributed by atoms with E-state index < -0.39 is 0 Å². The first kappa shape index (κ1) is 15.5. The maximum atomic E-state index is 5.81. The molecule has 0 aliphatic heterocycles. The third kappa shape index (κ3) is 5.53. The number of benzene rings is 1. The molecule has 0 radical (unpaired) electrons. The molecule has 0 amide bonds. The van der Waals surface area contributed by atoms with Crippen LogP contribution in [0.5, 0.6) is 11.5 Å². The van der Waals surface area contributed by atoms with Crippen molar-refractivity contribution < 1.29 is 9.47 Å². The molecule has 3 N–H and O–H groups in total. The smallest absolute Gasteiger partial charge is 0.188 e. The van der Waals surface area contributed by atoms with Crippen LogP contribution in [0.3, 0.4) is 0 Å². The molecule has 1 aromatic rings. The van der Waals surface area contributed by atoms with Gasteiger partial charge in [0.25, 0.3) is 0 Å². The molecule has 116 valence electrons. The fourth-order valence-corrected chi connectivity index (χ4v) is 2.11. The third-order valence-electron chi connectivity index (χ3n) is 3.70. The highest BCUT2D eigenvalue weighted by atomic mass is 16.5. The molecule has 0 saturated heterocycles. The molecule has 1 fully saturated rings. The summed E-state index contributed by atoms with van der Waals surface area (Å²) in [5.74, 6) is 2.98. The normalized spacial score (nSPS) is 15.4. The van der Waals surface area contributed by atoms with E-state index in [4.69, 9.17) is 15.2 Å². The molecule has 1 aliphatic carbocycles. The van der Waals surface area contributed by atoms with Crippen molar-refractivity contribution in [1.29, 1.82) is 0 Å². The van der Waals surface area contributed by atoms with Gasteiger partial charge < -0.3 is 20.5 Å². The zero-order chi connectivity index (χ0) is 14.9. The molecule has 1 aliphatic rings. The van der Waals surface area contributed by atoms with Crippen molar-refractivity contribution in [3.63, 3.8) is 0 Å². The number of nitrogens with two attached hydrogens (primary N) is 1. The summed E-state index contributed by atoms with van der Waals surface area (Å²) in [6.07, 6.45) is 4.82. The van der Waals surface area contributed by atoms with E-state index in [1.54, 1.807) is 7.11 Å². The van der Waals surface area contributed by atoms with Gasteiger partial charge in [-0.1, -0.05) is 6.42 Å². The summed E-state index contributed by atoms with van der Waals surface area (Å²) in [5, 5.41) is 3.12. The molecule has 0 unspecified atom stereocenters. The summed E-state index contributed by atoms with van der Waals surface area (Å²) in [6, 6.07) is 7.58. The summed E-state index contributed by atoms with van der Waals surface area (Å²) >= 11 is 0. The lowest BCUT2D eigenvalue weighted by atomic mass is 9.86. The first-order valence-corrected chi connectivity index (χ1v) is 7.58. The van der Waals surface area contributed by atoms with Crippen molar-refractivity contribution in [2.45, 2.75) is 25.7 Å². The van der Waals surface area contributed by atoms with Crippen LogP contribution in [0.2, 0.25) is 0 Å². The van der Waals surface area contributed by atoms with Crippen LogP contribution < -0.4 is 20.5 Å². The minimum atomic E-state index is 0.548. The fraction of sp³-hybridized carbons (Fsp3) is 0.562. The van der Waals surface area contributed by atoms with Gasteiger partial charge in [0, 0.05) is 13.1 Å². The van der Waals surface area contributed by atoms with Gasteiger partial charge in [-0.3, -0.25) is 4.99 Å². The zero-order valence-electron chi connectivity index (χ0n) is 12.7. The number of nitrogens with one attached hydrogen (secondary N) is 1. The highest BCUT2D eigenvalue weighted by molar-refractivity contribution is 5.77. The molecule has 1 saturated carbocycles. The van der Waals surface area contributed by atoms with Crippen molar-refractivity contribution in [2.24, 2.45) is 16.6 Å². The zero-order valence-corrected chi connectivity index (χ0v) is 12.7. The van der Waals surface area contributed by atoms with E-state index in [2.05, 4.69) is 10.3 Å². The highest BCUT2D eigenvalue weighted by Crippen LogP contribution is 2.26. The van der Waals surface area contributed by atoms with Crippen molar-refractivity contribution in [2.75, 3.05) is 26.8 Å². The minimum Gasteiger partial charge on any atom is -0.497 e. The standard InChI is InChI=1S/C16H25N3O2/c1-20-14-6-8-15(9-7-14)21-11-3-10-18-16(17)19-12-13-4-2-5-13/h6-9,13H,2-5,10-12H2,1H3,(H3,17,18,19). The largest absolute Gasteiger partial charge is 0.497 e. The second kappa shape index (κ2) is 8.39. The molecule has 0 aromatic heterocycles. The van der Waals surface area contributed by atoms with Crippen LogP contribution >= 0.6 is 0 Å². The van der Waals surface area contributed by atoms with Crippen LogP contribution in [0.25, 0.3) is 0 Å². The quantitative estimate of drug-likeness (QED) is 0.437. The summed E-state index contributed by atoms with van der Waals surface area (Å²) in [7, 11) is 1.65. The van der Waals surface area contributed by atoms with Crippen LogP contribution in [-0.2, 0) is 0 Å². The number of guanidine groups is 1.